The Morgan fingerprint density at radius 2 is 2.31 bits per heavy atom. The second-order valence-corrected chi connectivity index (χ2v) is 5.08. The Labute approximate surface area is 109 Å². The van der Waals surface area contributed by atoms with Gasteiger partial charge in [-0.25, -0.2) is 9.97 Å². The molecule has 1 aromatic heterocycles. The Hall–Kier alpha value is -0.750. The molecule has 16 heavy (non-hydrogen) atoms. The quantitative estimate of drug-likeness (QED) is 0.845. The normalized spacial score (nSPS) is 10.5. The highest BCUT2D eigenvalue weighted by atomic mass is 79.9. The lowest BCUT2D eigenvalue weighted by atomic mass is 10.3. The smallest absolute Gasteiger partial charge is 0.146 e. The van der Waals surface area contributed by atoms with Crippen molar-refractivity contribution in [3.63, 3.8) is 0 Å². The van der Waals surface area contributed by atoms with E-state index in [1.54, 1.807) is 6.20 Å². The third kappa shape index (κ3) is 3.68. The Kier molecular flexibility index (Phi) is 5.08. The molecule has 2 N–H and O–H groups in total. The first-order valence-corrected chi connectivity index (χ1v) is 6.23. The van der Waals surface area contributed by atoms with Crippen molar-refractivity contribution in [1.29, 1.82) is 0 Å². The van der Waals surface area contributed by atoms with Gasteiger partial charge in [-0.05, 0) is 29.8 Å². The third-order valence-electron chi connectivity index (χ3n) is 2.14. The number of rotatable bonds is 5. The number of hydrogen-bond donors (Lipinski definition) is 1. The van der Waals surface area contributed by atoms with Crippen LogP contribution in [0.1, 0.15) is 20.3 Å². The summed E-state index contributed by atoms with van der Waals surface area (Å²) in [5, 5.41) is 0. The van der Waals surface area contributed by atoms with Crippen molar-refractivity contribution < 1.29 is 0 Å². The number of thiocarbonyl (C=S) groups is 1. The second-order valence-electron chi connectivity index (χ2n) is 3.70. The molecular weight excluding hydrogens is 288 g/mol. The maximum atomic E-state index is 5.52. The van der Waals surface area contributed by atoms with Crippen molar-refractivity contribution in [3.8, 4) is 0 Å². The molecule has 0 atom stereocenters. The Morgan fingerprint density at radius 3 is 2.81 bits per heavy atom. The van der Waals surface area contributed by atoms with E-state index >= 15 is 0 Å². The molecule has 6 heteroatoms. The van der Waals surface area contributed by atoms with E-state index in [1.165, 1.54) is 6.33 Å². The fourth-order valence-electron chi connectivity index (χ4n) is 1.36. The van der Waals surface area contributed by atoms with Crippen LogP contribution in [0.4, 0.5) is 5.82 Å². The van der Waals surface area contributed by atoms with E-state index in [1.807, 2.05) is 0 Å². The fraction of sp³-hybridized carbons (Fsp3) is 0.500. The molecular formula is C10H15BrN4S. The van der Waals surface area contributed by atoms with E-state index in [0.29, 0.717) is 17.5 Å². The second kappa shape index (κ2) is 6.10. The van der Waals surface area contributed by atoms with Crippen molar-refractivity contribution in [3.05, 3.63) is 17.0 Å². The average Bonchev–Trinajstić information content (AvgIpc) is 2.20. The summed E-state index contributed by atoms with van der Waals surface area (Å²) in [4.78, 5) is 10.9. The van der Waals surface area contributed by atoms with Crippen LogP contribution in [0.25, 0.3) is 0 Å². The molecule has 0 aliphatic heterocycles. The van der Waals surface area contributed by atoms with Gasteiger partial charge in [0.1, 0.15) is 12.1 Å². The van der Waals surface area contributed by atoms with E-state index in [2.05, 4.69) is 44.6 Å². The molecule has 0 aromatic carbocycles. The molecule has 1 aromatic rings. The lowest BCUT2D eigenvalue weighted by molar-refractivity contribution is 0.678. The number of halogens is 1. The summed E-state index contributed by atoms with van der Waals surface area (Å²) in [5.41, 5.74) is 5.52. The van der Waals surface area contributed by atoms with Crippen molar-refractivity contribution in [2.24, 2.45) is 5.73 Å². The monoisotopic (exact) mass is 302 g/mol. The lowest BCUT2D eigenvalue weighted by Crippen LogP contribution is -2.34. The van der Waals surface area contributed by atoms with Gasteiger partial charge in [0, 0.05) is 25.2 Å². The summed E-state index contributed by atoms with van der Waals surface area (Å²) < 4.78 is 0.881. The fourth-order valence-corrected chi connectivity index (χ4v) is 1.90. The third-order valence-corrected chi connectivity index (χ3v) is 2.91. The van der Waals surface area contributed by atoms with Crippen molar-refractivity contribution in [1.82, 2.24) is 9.97 Å². The van der Waals surface area contributed by atoms with Crippen molar-refractivity contribution >= 4 is 39.0 Å². The highest BCUT2D eigenvalue weighted by molar-refractivity contribution is 9.10. The predicted molar refractivity (Wildman–Crippen MR) is 73.6 cm³/mol. The van der Waals surface area contributed by atoms with Crippen LogP contribution < -0.4 is 10.6 Å². The van der Waals surface area contributed by atoms with Gasteiger partial charge in [-0.1, -0.05) is 12.2 Å². The van der Waals surface area contributed by atoms with E-state index in [4.69, 9.17) is 18.0 Å². The summed E-state index contributed by atoms with van der Waals surface area (Å²) in [5.74, 6) is 0.876. The first-order valence-electron chi connectivity index (χ1n) is 5.02. The van der Waals surface area contributed by atoms with E-state index < -0.39 is 0 Å². The van der Waals surface area contributed by atoms with Crippen LogP contribution in [0.3, 0.4) is 0 Å². The van der Waals surface area contributed by atoms with Gasteiger partial charge in [0.25, 0.3) is 0 Å². The zero-order valence-electron chi connectivity index (χ0n) is 9.35. The van der Waals surface area contributed by atoms with Crippen LogP contribution in [0.2, 0.25) is 0 Å². The molecule has 4 nitrogen and oxygen atoms in total. The maximum Gasteiger partial charge on any atom is 0.146 e. The van der Waals surface area contributed by atoms with Gasteiger partial charge in [-0.2, -0.15) is 0 Å². The van der Waals surface area contributed by atoms with Crippen LogP contribution in [0, 0.1) is 0 Å². The molecule has 0 fully saturated rings. The molecule has 0 radical (unpaired) electrons. The topological polar surface area (TPSA) is 55.0 Å². The van der Waals surface area contributed by atoms with Gasteiger partial charge in [0.2, 0.25) is 0 Å². The minimum Gasteiger partial charge on any atom is -0.393 e. The number of nitrogens with zero attached hydrogens (tertiary/aromatic N) is 3. The molecule has 0 saturated carbocycles. The molecule has 0 aliphatic carbocycles. The molecule has 0 bridgehead atoms. The lowest BCUT2D eigenvalue weighted by Gasteiger charge is -2.28. The highest BCUT2D eigenvalue weighted by Crippen LogP contribution is 2.23. The summed E-state index contributed by atoms with van der Waals surface area (Å²) in [7, 11) is 0. The zero-order chi connectivity index (χ0) is 12.1. The molecule has 0 saturated heterocycles. The number of aromatic nitrogens is 2. The van der Waals surface area contributed by atoms with E-state index in [-0.39, 0.29) is 0 Å². The van der Waals surface area contributed by atoms with Crippen molar-refractivity contribution in [2.75, 3.05) is 11.4 Å². The van der Waals surface area contributed by atoms with Crippen LogP contribution >= 0.6 is 28.1 Å². The number of hydrogen-bond acceptors (Lipinski definition) is 4. The molecule has 0 aliphatic rings. The van der Waals surface area contributed by atoms with Gasteiger partial charge in [-0.3, -0.25) is 0 Å². The van der Waals surface area contributed by atoms with E-state index in [9.17, 15) is 0 Å². The minimum absolute atomic E-state index is 0.334. The largest absolute Gasteiger partial charge is 0.393 e. The summed E-state index contributed by atoms with van der Waals surface area (Å²) in [6.45, 7) is 4.98. The molecule has 0 amide bonds. The maximum absolute atomic E-state index is 5.52. The van der Waals surface area contributed by atoms with Crippen LogP contribution in [0.5, 0.6) is 0 Å². The Bertz CT molecular complexity index is 370. The average molecular weight is 303 g/mol. The number of anilines is 1. The summed E-state index contributed by atoms with van der Waals surface area (Å²) >= 11 is 8.33. The Balaban J connectivity index is 2.85. The van der Waals surface area contributed by atoms with Gasteiger partial charge < -0.3 is 10.6 Å². The zero-order valence-corrected chi connectivity index (χ0v) is 11.8. The first kappa shape index (κ1) is 13.3. The van der Waals surface area contributed by atoms with Gasteiger partial charge in [0.15, 0.2) is 0 Å². The van der Waals surface area contributed by atoms with Gasteiger partial charge >= 0.3 is 0 Å². The first-order chi connectivity index (χ1) is 7.52. The summed E-state index contributed by atoms with van der Waals surface area (Å²) in [6.07, 6.45) is 3.96. The predicted octanol–water partition coefficient (Wildman–Crippen LogP) is 2.13. The van der Waals surface area contributed by atoms with Gasteiger partial charge in [-0.15, -0.1) is 0 Å². The molecule has 1 heterocycles. The molecule has 0 spiro atoms. The van der Waals surface area contributed by atoms with Crippen LogP contribution in [0.15, 0.2) is 17.0 Å². The SMILES string of the molecule is CC(C)N(CCC(N)=S)c1ncncc1Br. The molecule has 1 rings (SSSR count). The van der Waals surface area contributed by atoms with Crippen LogP contribution in [-0.4, -0.2) is 27.5 Å². The number of nitrogens with two attached hydrogens (primary N) is 1. The summed E-state index contributed by atoms with van der Waals surface area (Å²) in [6, 6.07) is 0.334. The van der Waals surface area contributed by atoms with Crippen LogP contribution in [-0.2, 0) is 0 Å². The van der Waals surface area contributed by atoms with Crippen molar-refractivity contribution in [2.45, 2.75) is 26.3 Å². The molecule has 88 valence electrons. The Morgan fingerprint density at radius 1 is 1.62 bits per heavy atom. The van der Waals surface area contributed by atoms with Gasteiger partial charge in [0.05, 0.1) is 9.46 Å². The minimum atomic E-state index is 0.334. The molecule has 0 unspecified atom stereocenters. The standard InChI is InChI=1S/C10H15BrN4S/c1-7(2)15(4-3-9(12)16)10-8(11)5-13-6-14-10/h5-7H,3-4H2,1-2H3,(H2,12,16). The highest BCUT2D eigenvalue weighted by Gasteiger charge is 2.14. The van der Waals surface area contributed by atoms with E-state index in [0.717, 1.165) is 16.8 Å².